The Balaban J connectivity index is 1.57. The lowest BCUT2D eigenvalue weighted by atomic mass is 9.84. The van der Waals surface area contributed by atoms with Gasteiger partial charge in [0.15, 0.2) is 0 Å². The lowest BCUT2D eigenvalue weighted by Gasteiger charge is -2.30. The summed E-state index contributed by atoms with van der Waals surface area (Å²) in [5, 5.41) is 3.69. The van der Waals surface area contributed by atoms with Gasteiger partial charge in [0, 0.05) is 17.9 Å². The molecule has 1 aromatic heterocycles. The minimum atomic E-state index is 0.656. The van der Waals surface area contributed by atoms with Crippen LogP contribution in [-0.2, 0) is 6.42 Å². The number of hydrogen-bond acceptors (Lipinski definition) is 1. The van der Waals surface area contributed by atoms with E-state index >= 15 is 0 Å². The summed E-state index contributed by atoms with van der Waals surface area (Å²) in [5.74, 6) is 0.725. The van der Waals surface area contributed by atoms with E-state index in [-0.39, 0.29) is 0 Å². The molecule has 0 aliphatic carbocycles. The van der Waals surface area contributed by atoms with E-state index in [1.54, 1.807) is 0 Å². The highest BCUT2D eigenvalue weighted by molar-refractivity contribution is 5.24. The van der Waals surface area contributed by atoms with E-state index in [4.69, 9.17) is 0 Å². The van der Waals surface area contributed by atoms with Crippen LogP contribution in [0.4, 0.5) is 0 Å². The van der Waals surface area contributed by atoms with Crippen LogP contribution in [0.5, 0.6) is 0 Å². The number of H-pyrrole nitrogens is 1. The summed E-state index contributed by atoms with van der Waals surface area (Å²) >= 11 is 0. The zero-order valence-corrected chi connectivity index (χ0v) is 12.2. The van der Waals surface area contributed by atoms with Gasteiger partial charge in [-0.1, -0.05) is 30.3 Å². The van der Waals surface area contributed by atoms with Crippen molar-refractivity contribution in [2.24, 2.45) is 0 Å². The van der Waals surface area contributed by atoms with Gasteiger partial charge in [-0.15, -0.1) is 0 Å². The largest absolute Gasteiger partial charge is 0.365 e. The third kappa shape index (κ3) is 3.13. The molecule has 1 fully saturated rings. The Bertz CT molecular complexity index is 529. The van der Waals surface area contributed by atoms with E-state index in [2.05, 4.69) is 59.8 Å². The van der Waals surface area contributed by atoms with Gasteiger partial charge >= 0.3 is 0 Å². The first kappa shape index (κ1) is 13.4. The van der Waals surface area contributed by atoms with E-state index in [0.717, 1.165) is 12.5 Å². The molecule has 2 atom stereocenters. The van der Waals surface area contributed by atoms with Crippen molar-refractivity contribution in [1.29, 1.82) is 0 Å². The summed E-state index contributed by atoms with van der Waals surface area (Å²) in [7, 11) is 0. The minimum Gasteiger partial charge on any atom is -0.365 e. The van der Waals surface area contributed by atoms with E-state index in [0.29, 0.717) is 6.04 Å². The SMILES string of the molecule is Cc1[nH]ccc1C1CCNC(CCc2ccccc2)C1. The molecule has 0 radical (unpaired) electrons. The highest BCUT2D eigenvalue weighted by Gasteiger charge is 2.23. The first-order valence-corrected chi connectivity index (χ1v) is 7.74. The Morgan fingerprint density at radius 2 is 2.00 bits per heavy atom. The second-order valence-corrected chi connectivity index (χ2v) is 5.95. The fourth-order valence-corrected chi connectivity index (χ4v) is 3.40. The average molecular weight is 268 g/mol. The van der Waals surface area contributed by atoms with Crippen LogP contribution in [0.15, 0.2) is 42.6 Å². The molecular weight excluding hydrogens is 244 g/mol. The van der Waals surface area contributed by atoms with E-state index in [1.165, 1.54) is 42.5 Å². The highest BCUT2D eigenvalue weighted by Crippen LogP contribution is 2.30. The molecule has 20 heavy (non-hydrogen) atoms. The second-order valence-electron chi connectivity index (χ2n) is 5.95. The van der Waals surface area contributed by atoms with Crippen molar-refractivity contribution < 1.29 is 0 Å². The summed E-state index contributed by atoms with van der Waals surface area (Å²) in [6, 6.07) is 13.7. The standard InChI is InChI=1S/C18H24N2/c1-14-18(10-12-19-14)16-9-11-20-17(13-16)8-7-15-5-3-2-4-6-15/h2-6,10,12,16-17,19-20H,7-9,11,13H2,1H3. The van der Waals surface area contributed by atoms with Gasteiger partial charge in [0.25, 0.3) is 0 Å². The Hall–Kier alpha value is -1.54. The normalized spacial score (nSPS) is 22.9. The Kier molecular flexibility index (Phi) is 4.22. The summed E-state index contributed by atoms with van der Waals surface area (Å²) in [6.07, 6.45) is 7.03. The summed E-state index contributed by atoms with van der Waals surface area (Å²) in [4.78, 5) is 3.32. The Morgan fingerprint density at radius 3 is 2.75 bits per heavy atom. The molecule has 0 saturated carbocycles. The van der Waals surface area contributed by atoms with Crippen LogP contribution in [0.3, 0.4) is 0 Å². The van der Waals surface area contributed by atoms with Gasteiger partial charge in [-0.2, -0.15) is 0 Å². The quantitative estimate of drug-likeness (QED) is 0.867. The van der Waals surface area contributed by atoms with Gasteiger partial charge < -0.3 is 10.3 Å². The van der Waals surface area contributed by atoms with Crippen LogP contribution in [-0.4, -0.2) is 17.6 Å². The van der Waals surface area contributed by atoms with Gasteiger partial charge in [0.2, 0.25) is 0 Å². The molecule has 2 aromatic rings. The third-order valence-electron chi connectivity index (χ3n) is 4.55. The molecule has 2 heterocycles. The maximum Gasteiger partial charge on any atom is 0.0150 e. The Morgan fingerprint density at radius 1 is 1.15 bits per heavy atom. The lowest BCUT2D eigenvalue weighted by Crippen LogP contribution is -2.37. The molecular formula is C18H24N2. The number of rotatable bonds is 4. The predicted octanol–water partition coefficient (Wildman–Crippen LogP) is 3.79. The molecule has 1 aromatic carbocycles. The molecule has 3 rings (SSSR count). The van der Waals surface area contributed by atoms with E-state index < -0.39 is 0 Å². The maximum atomic E-state index is 3.69. The van der Waals surface area contributed by atoms with Crippen molar-refractivity contribution >= 4 is 0 Å². The topological polar surface area (TPSA) is 27.8 Å². The molecule has 0 bridgehead atoms. The van der Waals surface area contributed by atoms with Crippen molar-refractivity contribution in [3.8, 4) is 0 Å². The highest BCUT2D eigenvalue weighted by atomic mass is 14.9. The molecule has 1 aliphatic rings. The minimum absolute atomic E-state index is 0.656. The molecule has 1 aliphatic heterocycles. The van der Waals surface area contributed by atoms with Crippen molar-refractivity contribution in [2.75, 3.05) is 6.54 Å². The Labute approximate surface area is 121 Å². The van der Waals surface area contributed by atoms with Crippen molar-refractivity contribution in [1.82, 2.24) is 10.3 Å². The van der Waals surface area contributed by atoms with Gasteiger partial charge in [-0.05, 0) is 62.3 Å². The maximum absolute atomic E-state index is 3.69. The monoisotopic (exact) mass is 268 g/mol. The first-order valence-electron chi connectivity index (χ1n) is 7.74. The number of nitrogens with one attached hydrogen (secondary N) is 2. The predicted molar refractivity (Wildman–Crippen MR) is 84.1 cm³/mol. The summed E-state index contributed by atoms with van der Waals surface area (Å²) in [6.45, 7) is 3.34. The van der Waals surface area contributed by atoms with Crippen LogP contribution in [0.25, 0.3) is 0 Å². The molecule has 1 saturated heterocycles. The average Bonchev–Trinajstić information content (AvgIpc) is 2.93. The van der Waals surface area contributed by atoms with Gasteiger partial charge in [0.05, 0.1) is 0 Å². The van der Waals surface area contributed by atoms with Crippen LogP contribution in [0.1, 0.15) is 42.0 Å². The number of hydrogen-bond donors (Lipinski definition) is 2. The molecule has 2 heteroatoms. The fraction of sp³-hybridized carbons (Fsp3) is 0.444. The van der Waals surface area contributed by atoms with Crippen LogP contribution in [0, 0.1) is 6.92 Å². The summed E-state index contributed by atoms with van der Waals surface area (Å²) in [5.41, 5.74) is 4.32. The second kappa shape index (κ2) is 6.27. The van der Waals surface area contributed by atoms with Crippen molar-refractivity contribution in [2.45, 2.75) is 44.6 Å². The van der Waals surface area contributed by atoms with Crippen molar-refractivity contribution in [3.05, 3.63) is 59.4 Å². The number of benzene rings is 1. The molecule has 106 valence electrons. The van der Waals surface area contributed by atoms with Gasteiger partial charge in [-0.25, -0.2) is 0 Å². The number of aromatic amines is 1. The fourth-order valence-electron chi connectivity index (χ4n) is 3.40. The van der Waals surface area contributed by atoms with E-state index in [9.17, 15) is 0 Å². The van der Waals surface area contributed by atoms with Crippen molar-refractivity contribution in [3.63, 3.8) is 0 Å². The number of piperidine rings is 1. The molecule has 2 unspecified atom stereocenters. The lowest BCUT2D eigenvalue weighted by molar-refractivity contribution is 0.346. The van der Waals surface area contributed by atoms with Crippen LogP contribution >= 0.6 is 0 Å². The molecule has 2 nitrogen and oxygen atoms in total. The van der Waals surface area contributed by atoms with Gasteiger partial charge in [-0.3, -0.25) is 0 Å². The zero-order valence-electron chi connectivity index (χ0n) is 12.2. The first-order chi connectivity index (χ1) is 9.83. The van der Waals surface area contributed by atoms with Crippen LogP contribution < -0.4 is 5.32 Å². The molecule has 0 spiro atoms. The molecule has 2 N–H and O–H groups in total. The summed E-state index contributed by atoms with van der Waals surface area (Å²) < 4.78 is 0. The number of aromatic nitrogens is 1. The smallest absolute Gasteiger partial charge is 0.0150 e. The van der Waals surface area contributed by atoms with Crippen LogP contribution in [0.2, 0.25) is 0 Å². The molecule has 0 amide bonds. The van der Waals surface area contributed by atoms with Gasteiger partial charge in [0.1, 0.15) is 0 Å². The van der Waals surface area contributed by atoms with E-state index in [1.807, 2.05) is 0 Å². The third-order valence-corrected chi connectivity index (χ3v) is 4.55. The number of aryl methyl sites for hydroxylation is 2. The zero-order chi connectivity index (χ0) is 13.8.